The van der Waals surface area contributed by atoms with Crippen molar-refractivity contribution in [3.8, 4) is 0 Å². The van der Waals surface area contributed by atoms with E-state index in [0.717, 1.165) is 128 Å². The fraction of sp³-hybridized carbons (Fsp3) is 0.621. The third-order valence-electron chi connectivity index (χ3n) is 10.5. The maximum atomic E-state index is 12.8. The smallest absolute Gasteiger partial charge is 0.306 e. The number of unbranched alkanes of at least 4 members (excludes halogenated alkanes) is 12. The largest absolute Gasteiger partial charge is 0.756 e. The first-order valence-electron chi connectivity index (χ1n) is 26.2. The van der Waals surface area contributed by atoms with Crippen LogP contribution in [0.2, 0.25) is 0 Å². The standard InChI is InChI=1S/C58H96NO8P/c1-6-8-10-12-14-16-18-20-22-23-24-25-26-27-28-29-30-31-32-33-34-35-37-39-41-43-45-47-49-51-58(61)67-56(55-66-68(62,63)65-53-52-59(3,4)5)54-64-57(60)50-48-46-44-42-40-38-36-21-19-17-15-13-11-9-7-2/h8-11,14-17,20-22,24-25,27-28,30-31,33-34,36,56H,6-7,12-13,18-19,23,26,29,32,35,37-55H2,1-5H3/b10-8-,11-9-,16-14-,17-15-,22-20-,25-24-,28-27-,31-30-,34-33-,36-21-. The quantitative estimate of drug-likeness (QED) is 0.0195. The van der Waals surface area contributed by atoms with E-state index in [9.17, 15) is 19.0 Å². The normalized spacial score (nSPS) is 14.4. The molecule has 0 fully saturated rings. The van der Waals surface area contributed by atoms with Gasteiger partial charge in [0.05, 0.1) is 27.7 Å². The van der Waals surface area contributed by atoms with Crippen LogP contribution in [0.1, 0.15) is 181 Å². The van der Waals surface area contributed by atoms with Crippen molar-refractivity contribution >= 4 is 19.8 Å². The topological polar surface area (TPSA) is 111 Å². The molecule has 0 radical (unpaired) electrons. The molecule has 2 atom stereocenters. The van der Waals surface area contributed by atoms with Crippen LogP contribution >= 0.6 is 7.82 Å². The van der Waals surface area contributed by atoms with Gasteiger partial charge in [0.25, 0.3) is 7.82 Å². The lowest BCUT2D eigenvalue weighted by Gasteiger charge is -2.28. The van der Waals surface area contributed by atoms with E-state index in [4.69, 9.17) is 18.5 Å². The maximum Gasteiger partial charge on any atom is 0.306 e. The monoisotopic (exact) mass is 966 g/mol. The molecule has 0 aliphatic rings. The molecule has 0 saturated carbocycles. The van der Waals surface area contributed by atoms with E-state index in [2.05, 4.69) is 135 Å². The molecule has 9 nitrogen and oxygen atoms in total. The molecule has 10 heteroatoms. The number of nitrogens with zero attached hydrogens (tertiary/aromatic N) is 1. The number of carbonyl (C=O) groups is 2. The Labute approximate surface area is 416 Å². The second-order valence-electron chi connectivity index (χ2n) is 18.1. The van der Waals surface area contributed by atoms with E-state index in [1.807, 2.05) is 21.1 Å². The van der Waals surface area contributed by atoms with Gasteiger partial charge < -0.3 is 27.9 Å². The summed E-state index contributed by atoms with van der Waals surface area (Å²) in [4.78, 5) is 37.7. The number of hydrogen-bond donors (Lipinski definition) is 0. The predicted molar refractivity (Wildman–Crippen MR) is 286 cm³/mol. The molecule has 386 valence electrons. The SMILES string of the molecule is CC/C=C\C/C=C\C/C=C\C/C=C\C/C=C\C/C=C\C/C=C\CCCCCCCCCC(=O)OC(COC(=O)CCCCCCC/C=C\C/C=C\C/C=C\CC)COP(=O)([O-])OCC[N+](C)(C)C. The fourth-order valence-electron chi connectivity index (χ4n) is 6.47. The van der Waals surface area contributed by atoms with Crippen LogP contribution in [0.5, 0.6) is 0 Å². The van der Waals surface area contributed by atoms with E-state index in [1.165, 1.54) is 12.8 Å². The van der Waals surface area contributed by atoms with Gasteiger partial charge in [-0.15, -0.1) is 0 Å². The summed E-state index contributed by atoms with van der Waals surface area (Å²) in [6, 6.07) is 0. The van der Waals surface area contributed by atoms with Crippen LogP contribution in [-0.2, 0) is 32.7 Å². The number of esters is 2. The van der Waals surface area contributed by atoms with Gasteiger partial charge in [-0.3, -0.25) is 14.2 Å². The number of likely N-dealkylation sites (N-methyl/N-ethyl adjacent to an activating group) is 1. The lowest BCUT2D eigenvalue weighted by atomic mass is 10.1. The van der Waals surface area contributed by atoms with Crippen LogP contribution in [0.4, 0.5) is 0 Å². The highest BCUT2D eigenvalue weighted by Gasteiger charge is 2.21. The molecule has 0 aromatic carbocycles. The molecule has 68 heavy (non-hydrogen) atoms. The summed E-state index contributed by atoms with van der Waals surface area (Å²) in [6.07, 6.45) is 68.0. The Kier molecular flexibility index (Phi) is 45.9. The number of ether oxygens (including phenoxy) is 2. The molecular formula is C58H96NO8P. The van der Waals surface area contributed by atoms with Gasteiger partial charge in [0, 0.05) is 12.8 Å². The van der Waals surface area contributed by atoms with Crippen molar-refractivity contribution in [1.82, 2.24) is 0 Å². The number of phosphoric ester groups is 1. The summed E-state index contributed by atoms with van der Waals surface area (Å²) in [5, 5.41) is 0. The molecule has 0 aromatic heterocycles. The van der Waals surface area contributed by atoms with Crippen molar-refractivity contribution < 1.29 is 42.1 Å². The summed E-state index contributed by atoms with van der Waals surface area (Å²) in [5.74, 6) is -0.878. The Morgan fingerprint density at radius 3 is 1.18 bits per heavy atom. The van der Waals surface area contributed by atoms with Crippen molar-refractivity contribution in [1.29, 1.82) is 0 Å². The first-order chi connectivity index (χ1) is 33.0. The van der Waals surface area contributed by atoms with Crippen LogP contribution < -0.4 is 4.89 Å². The van der Waals surface area contributed by atoms with Gasteiger partial charge >= 0.3 is 11.9 Å². The van der Waals surface area contributed by atoms with Crippen LogP contribution in [0, 0.1) is 0 Å². The minimum atomic E-state index is -4.65. The average Bonchev–Trinajstić information content (AvgIpc) is 3.30. The van der Waals surface area contributed by atoms with E-state index in [0.29, 0.717) is 23.9 Å². The van der Waals surface area contributed by atoms with Crippen molar-refractivity contribution in [2.45, 2.75) is 187 Å². The second-order valence-corrected chi connectivity index (χ2v) is 19.5. The average molecular weight is 966 g/mol. The molecule has 0 N–H and O–H groups in total. The predicted octanol–water partition coefficient (Wildman–Crippen LogP) is 15.4. The first-order valence-corrected chi connectivity index (χ1v) is 27.7. The molecule has 0 aromatic rings. The number of allylic oxidation sites excluding steroid dienone is 20. The molecule has 0 aliphatic carbocycles. The lowest BCUT2D eigenvalue weighted by molar-refractivity contribution is -0.870. The van der Waals surface area contributed by atoms with E-state index < -0.39 is 32.5 Å². The summed E-state index contributed by atoms with van der Waals surface area (Å²) in [5.41, 5.74) is 0. The molecule has 0 saturated heterocycles. The number of quaternary nitrogens is 1. The van der Waals surface area contributed by atoms with Crippen molar-refractivity contribution in [3.63, 3.8) is 0 Å². The van der Waals surface area contributed by atoms with Gasteiger partial charge in [0.15, 0.2) is 6.10 Å². The Morgan fingerprint density at radius 1 is 0.456 bits per heavy atom. The fourth-order valence-corrected chi connectivity index (χ4v) is 7.20. The third-order valence-corrected chi connectivity index (χ3v) is 11.4. The van der Waals surface area contributed by atoms with Gasteiger partial charge in [0.1, 0.15) is 19.8 Å². The number of phosphoric acid groups is 1. The van der Waals surface area contributed by atoms with Crippen LogP contribution in [0.15, 0.2) is 122 Å². The molecule has 0 spiro atoms. The zero-order valence-corrected chi connectivity index (χ0v) is 44.4. The zero-order valence-electron chi connectivity index (χ0n) is 43.5. The van der Waals surface area contributed by atoms with E-state index >= 15 is 0 Å². The maximum absolute atomic E-state index is 12.8. The third kappa shape index (κ3) is 51.8. The van der Waals surface area contributed by atoms with E-state index in [-0.39, 0.29) is 26.1 Å². The lowest BCUT2D eigenvalue weighted by Crippen LogP contribution is -2.37. The highest BCUT2D eigenvalue weighted by atomic mass is 31.2. The summed E-state index contributed by atoms with van der Waals surface area (Å²) in [6.45, 7) is 3.95. The van der Waals surface area contributed by atoms with Gasteiger partial charge in [-0.05, 0) is 103 Å². The minimum absolute atomic E-state index is 0.0434. The Bertz CT molecular complexity index is 1560. The Balaban J connectivity index is 4.28. The molecular weight excluding hydrogens is 870 g/mol. The summed E-state index contributed by atoms with van der Waals surface area (Å²) >= 11 is 0. The minimum Gasteiger partial charge on any atom is -0.756 e. The molecule has 2 unspecified atom stereocenters. The molecule has 0 amide bonds. The van der Waals surface area contributed by atoms with Gasteiger partial charge in [0.2, 0.25) is 0 Å². The van der Waals surface area contributed by atoms with Crippen molar-refractivity contribution in [3.05, 3.63) is 122 Å². The van der Waals surface area contributed by atoms with Crippen molar-refractivity contribution in [2.75, 3.05) is 47.5 Å². The molecule has 0 heterocycles. The summed E-state index contributed by atoms with van der Waals surface area (Å²) in [7, 11) is 1.13. The Hall–Kier alpha value is -3.59. The number of hydrogen-bond acceptors (Lipinski definition) is 8. The number of carbonyl (C=O) groups excluding carboxylic acids is 2. The van der Waals surface area contributed by atoms with Crippen LogP contribution in [0.25, 0.3) is 0 Å². The first kappa shape index (κ1) is 64.4. The van der Waals surface area contributed by atoms with Gasteiger partial charge in [-0.25, -0.2) is 0 Å². The summed E-state index contributed by atoms with van der Waals surface area (Å²) < 4.78 is 34.0. The van der Waals surface area contributed by atoms with Crippen LogP contribution in [-0.4, -0.2) is 70.0 Å². The molecule has 0 bridgehead atoms. The highest BCUT2D eigenvalue weighted by Crippen LogP contribution is 2.38. The van der Waals surface area contributed by atoms with Gasteiger partial charge in [-0.2, -0.15) is 0 Å². The highest BCUT2D eigenvalue weighted by molar-refractivity contribution is 7.45. The van der Waals surface area contributed by atoms with Crippen molar-refractivity contribution in [2.24, 2.45) is 0 Å². The van der Waals surface area contributed by atoms with E-state index in [1.54, 1.807) is 0 Å². The Morgan fingerprint density at radius 2 is 0.794 bits per heavy atom. The van der Waals surface area contributed by atoms with Crippen LogP contribution in [0.3, 0.4) is 0 Å². The zero-order chi connectivity index (χ0) is 49.9. The molecule has 0 aliphatic heterocycles. The number of rotatable bonds is 46. The second kappa shape index (κ2) is 48.4. The van der Waals surface area contributed by atoms with Gasteiger partial charge in [-0.1, -0.05) is 187 Å². The molecule has 0 rings (SSSR count).